The highest BCUT2D eigenvalue weighted by molar-refractivity contribution is 7.99. The predicted molar refractivity (Wildman–Crippen MR) is 120 cm³/mol. The minimum atomic E-state index is -0.165. The van der Waals surface area contributed by atoms with Crippen LogP contribution in [0.15, 0.2) is 53.7 Å². The first-order valence-corrected chi connectivity index (χ1v) is 11.5. The van der Waals surface area contributed by atoms with Crippen LogP contribution in [0.5, 0.6) is 0 Å². The topological polar surface area (TPSA) is 67.2 Å². The number of imidazole rings is 1. The number of para-hydroxylation sites is 4. The van der Waals surface area contributed by atoms with Crippen molar-refractivity contribution in [2.45, 2.75) is 43.3 Å². The lowest BCUT2D eigenvalue weighted by molar-refractivity contribution is -0.120. The Morgan fingerprint density at radius 1 is 1.07 bits per heavy atom. The van der Waals surface area contributed by atoms with Crippen molar-refractivity contribution < 1.29 is 9.59 Å². The molecule has 2 aliphatic rings. The Bertz CT molecular complexity index is 1100. The lowest BCUT2D eigenvalue weighted by Gasteiger charge is -2.29. The van der Waals surface area contributed by atoms with Crippen LogP contribution in [0.4, 0.5) is 11.4 Å². The average molecular weight is 421 g/mol. The number of amides is 2. The van der Waals surface area contributed by atoms with Crippen LogP contribution >= 0.6 is 11.8 Å². The normalized spacial score (nSPS) is 17.1. The van der Waals surface area contributed by atoms with E-state index in [1.807, 2.05) is 42.5 Å². The van der Waals surface area contributed by atoms with Gasteiger partial charge in [0.05, 0.1) is 28.2 Å². The first-order valence-electron chi connectivity index (χ1n) is 10.5. The number of hydrogen-bond acceptors (Lipinski definition) is 4. The summed E-state index contributed by atoms with van der Waals surface area (Å²) in [7, 11) is 0. The van der Waals surface area contributed by atoms with Crippen LogP contribution in [0.1, 0.15) is 38.1 Å². The highest BCUT2D eigenvalue weighted by Crippen LogP contribution is 2.36. The summed E-state index contributed by atoms with van der Waals surface area (Å²) in [5.74, 6) is 0.00327. The van der Waals surface area contributed by atoms with E-state index in [-0.39, 0.29) is 24.1 Å². The van der Waals surface area contributed by atoms with Crippen molar-refractivity contribution in [3.63, 3.8) is 0 Å². The minimum Gasteiger partial charge on any atom is -0.323 e. The molecule has 7 heteroatoms. The van der Waals surface area contributed by atoms with E-state index >= 15 is 0 Å². The van der Waals surface area contributed by atoms with E-state index in [4.69, 9.17) is 4.98 Å². The van der Waals surface area contributed by atoms with Crippen LogP contribution in [0, 0.1) is 0 Å². The van der Waals surface area contributed by atoms with Crippen molar-refractivity contribution >= 4 is 46.0 Å². The van der Waals surface area contributed by atoms with Gasteiger partial charge in [0.1, 0.15) is 6.54 Å². The molecule has 0 bridgehead atoms. The minimum absolute atomic E-state index is 0.0510. The van der Waals surface area contributed by atoms with Gasteiger partial charge in [-0.25, -0.2) is 4.98 Å². The van der Waals surface area contributed by atoms with Gasteiger partial charge in [-0.3, -0.25) is 9.59 Å². The van der Waals surface area contributed by atoms with Gasteiger partial charge in [-0.2, -0.15) is 0 Å². The van der Waals surface area contributed by atoms with Crippen molar-refractivity contribution in [2.75, 3.05) is 22.5 Å². The molecule has 1 aliphatic heterocycles. The van der Waals surface area contributed by atoms with Gasteiger partial charge < -0.3 is 14.8 Å². The van der Waals surface area contributed by atoms with Gasteiger partial charge in [0, 0.05) is 6.04 Å². The first kappa shape index (κ1) is 19.2. The zero-order valence-electron chi connectivity index (χ0n) is 16.7. The van der Waals surface area contributed by atoms with Crippen molar-refractivity contribution in [1.29, 1.82) is 0 Å². The maximum atomic E-state index is 13.1. The quantitative estimate of drug-likeness (QED) is 0.626. The smallest absolute Gasteiger partial charge is 0.244 e. The van der Waals surface area contributed by atoms with Gasteiger partial charge in [-0.1, -0.05) is 55.3 Å². The molecule has 0 radical (unpaired) electrons. The van der Waals surface area contributed by atoms with E-state index in [9.17, 15) is 9.59 Å². The van der Waals surface area contributed by atoms with E-state index in [0.29, 0.717) is 11.7 Å². The lowest BCUT2D eigenvalue weighted by Crippen LogP contribution is -2.43. The third kappa shape index (κ3) is 3.58. The fraction of sp³-hybridized carbons (Fsp3) is 0.348. The summed E-state index contributed by atoms with van der Waals surface area (Å²) < 4.78 is 2.34. The number of thioether (sulfide) groups is 1. The second-order valence-electron chi connectivity index (χ2n) is 7.88. The Hall–Kier alpha value is -2.80. The molecule has 3 aromatic rings. The molecule has 30 heavy (non-hydrogen) atoms. The second kappa shape index (κ2) is 8.14. The molecule has 0 spiro atoms. The van der Waals surface area contributed by atoms with Crippen molar-refractivity contribution in [2.24, 2.45) is 0 Å². The van der Waals surface area contributed by atoms with Gasteiger partial charge >= 0.3 is 0 Å². The lowest BCUT2D eigenvalue weighted by atomic mass is 9.95. The fourth-order valence-corrected chi connectivity index (χ4v) is 5.43. The highest BCUT2D eigenvalue weighted by atomic mass is 32.2. The molecule has 154 valence electrons. The third-order valence-corrected chi connectivity index (χ3v) is 6.84. The number of nitrogens with zero attached hydrogens (tertiary/aromatic N) is 3. The zero-order chi connectivity index (χ0) is 20.5. The molecule has 2 aromatic carbocycles. The molecular formula is C23H24N4O2S. The zero-order valence-corrected chi connectivity index (χ0v) is 17.5. The highest BCUT2D eigenvalue weighted by Gasteiger charge is 2.28. The summed E-state index contributed by atoms with van der Waals surface area (Å²) >= 11 is 1.47. The van der Waals surface area contributed by atoms with Gasteiger partial charge in [-0.05, 0) is 37.1 Å². The maximum absolute atomic E-state index is 13.1. The predicted octanol–water partition coefficient (Wildman–Crippen LogP) is 4.62. The first-order chi connectivity index (χ1) is 14.7. The molecule has 5 rings (SSSR count). The molecule has 2 heterocycles. The number of carbonyl (C=O) groups excluding carboxylic acids is 2. The van der Waals surface area contributed by atoms with E-state index in [0.717, 1.165) is 34.7 Å². The molecule has 2 amide bonds. The van der Waals surface area contributed by atoms with Gasteiger partial charge in [-0.15, -0.1) is 0 Å². The molecule has 1 N–H and O–H groups in total. The molecule has 1 aliphatic carbocycles. The van der Waals surface area contributed by atoms with Gasteiger partial charge in [0.25, 0.3) is 0 Å². The van der Waals surface area contributed by atoms with Gasteiger partial charge in [0.15, 0.2) is 5.16 Å². The second-order valence-corrected chi connectivity index (χ2v) is 8.82. The van der Waals surface area contributed by atoms with E-state index in [1.54, 1.807) is 4.90 Å². The molecule has 0 unspecified atom stereocenters. The van der Waals surface area contributed by atoms with Crippen LogP contribution in [0.3, 0.4) is 0 Å². The Morgan fingerprint density at radius 3 is 2.70 bits per heavy atom. The Kier molecular flexibility index (Phi) is 5.21. The maximum Gasteiger partial charge on any atom is 0.244 e. The van der Waals surface area contributed by atoms with Crippen molar-refractivity contribution in [3.8, 4) is 0 Å². The van der Waals surface area contributed by atoms with Crippen LogP contribution in [0.2, 0.25) is 0 Å². The van der Waals surface area contributed by atoms with E-state index in [2.05, 4.69) is 16.0 Å². The van der Waals surface area contributed by atoms with Gasteiger partial charge in [0.2, 0.25) is 11.8 Å². The van der Waals surface area contributed by atoms with Crippen molar-refractivity contribution in [3.05, 3.63) is 48.5 Å². The molecular weight excluding hydrogens is 396 g/mol. The van der Waals surface area contributed by atoms with Crippen molar-refractivity contribution in [1.82, 2.24) is 9.55 Å². The number of hydrogen-bond donors (Lipinski definition) is 1. The summed E-state index contributed by atoms with van der Waals surface area (Å²) in [6, 6.07) is 16.1. The number of fused-ring (bicyclic) bond motifs is 2. The average Bonchev–Trinajstić information content (AvgIpc) is 3.16. The standard InChI is InChI=1S/C23H24N4O2S/c28-21-14-26(19-12-6-4-10-17(19)24-21)22(29)15-30-23-25-18-11-5-7-13-20(18)27(23)16-8-2-1-3-9-16/h4-7,10-13,16H,1-3,8-9,14-15H2,(H,24,28). The number of benzene rings is 2. The summed E-state index contributed by atoms with van der Waals surface area (Å²) in [5.41, 5.74) is 3.55. The molecule has 0 saturated heterocycles. The molecule has 1 saturated carbocycles. The summed E-state index contributed by atoms with van der Waals surface area (Å²) in [6.45, 7) is 0.0510. The number of nitrogens with one attached hydrogen (secondary N) is 1. The number of rotatable bonds is 4. The Labute approximate surface area is 179 Å². The number of carbonyl (C=O) groups is 2. The monoisotopic (exact) mass is 420 g/mol. The summed E-state index contributed by atoms with van der Waals surface area (Å²) in [5, 5.41) is 3.73. The third-order valence-electron chi connectivity index (χ3n) is 5.90. The molecule has 6 nitrogen and oxygen atoms in total. The molecule has 1 aromatic heterocycles. The number of anilines is 2. The van der Waals surface area contributed by atoms with E-state index < -0.39 is 0 Å². The largest absolute Gasteiger partial charge is 0.323 e. The number of aromatic nitrogens is 2. The van der Waals surface area contributed by atoms with Crippen LogP contribution in [0.25, 0.3) is 11.0 Å². The summed E-state index contributed by atoms with van der Waals surface area (Å²) in [4.78, 5) is 31.6. The Balaban J connectivity index is 1.40. The SMILES string of the molecule is O=C1CN(C(=O)CSc2nc3ccccc3n2C2CCCCC2)c2ccccc2N1. The van der Waals surface area contributed by atoms with E-state index in [1.165, 1.54) is 31.0 Å². The summed E-state index contributed by atoms with van der Waals surface area (Å²) in [6.07, 6.45) is 6.07. The Morgan fingerprint density at radius 2 is 1.83 bits per heavy atom. The molecule has 0 atom stereocenters. The van der Waals surface area contributed by atoms with Crippen LogP contribution in [-0.2, 0) is 9.59 Å². The van der Waals surface area contributed by atoms with Crippen LogP contribution < -0.4 is 10.2 Å². The fourth-order valence-electron chi connectivity index (χ4n) is 4.48. The van der Waals surface area contributed by atoms with Crippen LogP contribution in [-0.4, -0.2) is 33.7 Å². The molecule has 1 fully saturated rings.